The van der Waals surface area contributed by atoms with Crippen molar-refractivity contribution in [1.29, 1.82) is 0 Å². The van der Waals surface area contributed by atoms with Crippen LogP contribution >= 0.6 is 7.82 Å². The Hall–Kier alpha value is -2.29. The zero-order valence-electron chi connectivity index (χ0n) is 49.7. The molecule has 0 saturated heterocycles. The summed E-state index contributed by atoms with van der Waals surface area (Å²) in [5.41, 5.74) is 0. The number of nitrogens with zero attached hydrogens (tertiary/aromatic N) is 1. The van der Waals surface area contributed by atoms with Crippen LogP contribution in [0, 0.1) is 0 Å². The molecule has 0 aliphatic rings. The summed E-state index contributed by atoms with van der Waals surface area (Å²) in [5, 5.41) is 0. The minimum atomic E-state index is -4.63. The number of phosphoric ester groups is 1. The number of hydrogen-bond acceptors (Lipinski definition) is 8. The molecular formula is C65H120NO8P. The van der Waals surface area contributed by atoms with E-state index in [-0.39, 0.29) is 32.0 Å². The van der Waals surface area contributed by atoms with E-state index >= 15 is 0 Å². The Morgan fingerprint density at radius 1 is 0.427 bits per heavy atom. The molecule has 0 rings (SSSR count). The summed E-state index contributed by atoms with van der Waals surface area (Å²) in [6, 6.07) is 0. The molecule has 0 spiro atoms. The molecule has 0 amide bonds. The molecule has 0 saturated carbocycles. The van der Waals surface area contributed by atoms with Crippen LogP contribution in [0.2, 0.25) is 0 Å². The number of allylic oxidation sites excluding steroid dienone is 10. The molecule has 0 heterocycles. The van der Waals surface area contributed by atoms with Crippen molar-refractivity contribution in [3.63, 3.8) is 0 Å². The number of carbonyl (C=O) groups is 2. The summed E-state index contributed by atoms with van der Waals surface area (Å²) in [5.74, 6) is -0.819. The zero-order valence-corrected chi connectivity index (χ0v) is 50.6. The zero-order chi connectivity index (χ0) is 54.9. The maximum Gasteiger partial charge on any atom is 0.306 e. The molecule has 2 unspecified atom stereocenters. The topological polar surface area (TPSA) is 111 Å². The van der Waals surface area contributed by atoms with Gasteiger partial charge < -0.3 is 27.9 Å². The number of hydrogen-bond donors (Lipinski definition) is 0. The number of esters is 2. The number of phosphoric acid groups is 1. The number of unbranched alkanes of at least 4 members (excludes halogenated alkanes) is 34. The Morgan fingerprint density at radius 3 is 1.13 bits per heavy atom. The highest BCUT2D eigenvalue weighted by molar-refractivity contribution is 7.45. The fourth-order valence-electron chi connectivity index (χ4n) is 8.98. The first-order valence-corrected chi connectivity index (χ1v) is 33.0. The van der Waals surface area contributed by atoms with E-state index in [1.165, 1.54) is 193 Å². The maximum atomic E-state index is 12.8. The van der Waals surface area contributed by atoms with Crippen LogP contribution in [0.15, 0.2) is 60.8 Å². The summed E-state index contributed by atoms with van der Waals surface area (Å²) < 4.78 is 34.2. The van der Waals surface area contributed by atoms with Crippen LogP contribution in [0.25, 0.3) is 0 Å². The first-order chi connectivity index (χ1) is 36.5. The molecule has 0 radical (unpaired) electrons. The number of quaternary nitrogens is 1. The lowest BCUT2D eigenvalue weighted by Gasteiger charge is -2.28. The van der Waals surface area contributed by atoms with Gasteiger partial charge in [-0.05, 0) is 57.8 Å². The average Bonchev–Trinajstić information content (AvgIpc) is 3.37. The van der Waals surface area contributed by atoms with E-state index in [1.807, 2.05) is 21.1 Å². The Bertz CT molecular complexity index is 1450. The van der Waals surface area contributed by atoms with E-state index in [2.05, 4.69) is 74.6 Å². The molecule has 2 atom stereocenters. The van der Waals surface area contributed by atoms with Crippen LogP contribution in [-0.2, 0) is 32.7 Å². The molecular weight excluding hydrogens is 954 g/mol. The van der Waals surface area contributed by atoms with E-state index in [4.69, 9.17) is 18.5 Å². The lowest BCUT2D eigenvalue weighted by atomic mass is 10.0. The van der Waals surface area contributed by atoms with Crippen LogP contribution in [0.1, 0.15) is 290 Å². The summed E-state index contributed by atoms with van der Waals surface area (Å²) in [6.07, 6.45) is 72.9. The standard InChI is InChI=1S/C65H120NO8P/c1-6-8-10-12-14-16-18-20-22-23-24-25-26-27-28-29-30-31-32-33-34-35-36-37-38-39-40-41-42-43-44-46-48-50-52-54-56-58-65(68)74-63(62-73-75(69,70)72-60-59-66(3,4)5)61-71-64(67)57-55-53-51-49-47-45-21-19-17-15-13-11-9-7-2/h8,10,14,16,20,22,24-25,27-28,63H,6-7,9,11-13,15,17-19,21,23,26,29-62H2,1-5H3/b10-8-,16-14-,22-20-,25-24-,28-27-. The molecule has 75 heavy (non-hydrogen) atoms. The van der Waals surface area contributed by atoms with E-state index in [9.17, 15) is 19.0 Å². The first kappa shape index (κ1) is 72.7. The Kier molecular flexibility index (Phi) is 54.7. The van der Waals surface area contributed by atoms with Gasteiger partial charge in [0.25, 0.3) is 7.82 Å². The fraction of sp³-hybridized carbons (Fsp3) is 0.815. The second kappa shape index (κ2) is 56.4. The van der Waals surface area contributed by atoms with Crippen molar-refractivity contribution in [2.45, 2.75) is 296 Å². The van der Waals surface area contributed by atoms with Gasteiger partial charge in [0, 0.05) is 12.8 Å². The molecule has 0 aliphatic carbocycles. The summed E-state index contributed by atoms with van der Waals surface area (Å²) >= 11 is 0. The lowest BCUT2D eigenvalue weighted by Crippen LogP contribution is -2.37. The van der Waals surface area contributed by atoms with Crippen molar-refractivity contribution < 1.29 is 42.1 Å². The predicted octanol–water partition coefficient (Wildman–Crippen LogP) is 19.2. The molecule has 0 aliphatic heterocycles. The van der Waals surface area contributed by atoms with Crippen molar-refractivity contribution >= 4 is 19.8 Å². The largest absolute Gasteiger partial charge is 0.756 e. The van der Waals surface area contributed by atoms with E-state index < -0.39 is 26.5 Å². The molecule has 0 bridgehead atoms. The van der Waals surface area contributed by atoms with Crippen molar-refractivity contribution in [1.82, 2.24) is 0 Å². The van der Waals surface area contributed by atoms with E-state index in [1.54, 1.807) is 0 Å². The highest BCUT2D eigenvalue weighted by Crippen LogP contribution is 2.38. The third-order valence-electron chi connectivity index (χ3n) is 13.8. The van der Waals surface area contributed by atoms with Gasteiger partial charge in [-0.25, -0.2) is 0 Å². The predicted molar refractivity (Wildman–Crippen MR) is 319 cm³/mol. The van der Waals surface area contributed by atoms with Crippen LogP contribution in [-0.4, -0.2) is 70.0 Å². The summed E-state index contributed by atoms with van der Waals surface area (Å²) in [4.78, 5) is 37.8. The van der Waals surface area contributed by atoms with E-state index in [0.717, 1.165) is 64.2 Å². The average molecular weight is 1070 g/mol. The smallest absolute Gasteiger partial charge is 0.306 e. The maximum absolute atomic E-state index is 12.8. The van der Waals surface area contributed by atoms with Gasteiger partial charge in [-0.3, -0.25) is 14.2 Å². The van der Waals surface area contributed by atoms with Gasteiger partial charge in [0.1, 0.15) is 19.8 Å². The van der Waals surface area contributed by atoms with Gasteiger partial charge in [-0.1, -0.05) is 280 Å². The van der Waals surface area contributed by atoms with E-state index in [0.29, 0.717) is 17.4 Å². The van der Waals surface area contributed by atoms with Crippen LogP contribution in [0.4, 0.5) is 0 Å². The molecule has 0 N–H and O–H groups in total. The van der Waals surface area contributed by atoms with Crippen molar-refractivity contribution in [3.05, 3.63) is 60.8 Å². The number of rotatable bonds is 58. The second-order valence-electron chi connectivity index (χ2n) is 22.4. The minimum Gasteiger partial charge on any atom is -0.756 e. The molecule has 9 nitrogen and oxygen atoms in total. The number of carbonyl (C=O) groups excluding carboxylic acids is 2. The highest BCUT2D eigenvalue weighted by atomic mass is 31.2. The Labute approximate surface area is 464 Å². The van der Waals surface area contributed by atoms with Crippen molar-refractivity contribution in [2.24, 2.45) is 0 Å². The normalized spacial score (nSPS) is 13.6. The minimum absolute atomic E-state index is 0.0286. The second-order valence-corrected chi connectivity index (χ2v) is 23.8. The molecule has 0 fully saturated rings. The van der Waals surface area contributed by atoms with Gasteiger partial charge in [0.05, 0.1) is 27.7 Å². The van der Waals surface area contributed by atoms with Crippen molar-refractivity contribution in [2.75, 3.05) is 47.5 Å². The quantitative estimate of drug-likeness (QED) is 0.0195. The van der Waals surface area contributed by atoms with Gasteiger partial charge >= 0.3 is 11.9 Å². The summed E-state index contributed by atoms with van der Waals surface area (Å²) in [7, 11) is 1.18. The molecule has 438 valence electrons. The molecule has 0 aromatic rings. The third kappa shape index (κ3) is 60.8. The Balaban J connectivity index is 3.94. The van der Waals surface area contributed by atoms with Gasteiger partial charge in [-0.2, -0.15) is 0 Å². The Morgan fingerprint density at radius 2 is 0.760 bits per heavy atom. The van der Waals surface area contributed by atoms with Gasteiger partial charge in [-0.15, -0.1) is 0 Å². The summed E-state index contributed by atoms with van der Waals surface area (Å²) in [6.45, 7) is 4.16. The molecule has 0 aromatic carbocycles. The highest BCUT2D eigenvalue weighted by Gasteiger charge is 2.22. The SMILES string of the molecule is CC/C=C\C/C=C\C/C=C\C/C=C\C/C=C\CCCCCCCCCCCCCCCCCCCCCCCC(=O)OC(COC(=O)CCCCCCCCCCCCCCCC)COP(=O)([O-])OCC[N+](C)(C)C. The van der Waals surface area contributed by atoms with Crippen LogP contribution in [0.5, 0.6) is 0 Å². The lowest BCUT2D eigenvalue weighted by molar-refractivity contribution is -0.870. The van der Waals surface area contributed by atoms with Crippen LogP contribution in [0.3, 0.4) is 0 Å². The first-order valence-electron chi connectivity index (χ1n) is 31.5. The van der Waals surface area contributed by atoms with Crippen LogP contribution < -0.4 is 4.89 Å². The fourth-order valence-corrected chi connectivity index (χ4v) is 9.71. The van der Waals surface area contributed by atoms with Crippen molar-refractivity contribution in [3.8, 4) is 0 Å². The third-order valence-corrected chi connectivity index (χ3v) is 14.8. The molecule has 10 heteroatoms. The monoisotopic (exact) mass is 1070 g/mol. The van der Waals surface area contributed by atoms with Gasteiger partial charge in [0.15, 0.2) is 6.10 Å². The number of ether oxygens (including phenoxy) is 2. The number of likely N-dealkylation sites (N-methyl/N-ethyl adjacent to an activating group) is 1. The molecule has 0 aromatic heterocycles. The van der Waals surface area contributed by atoms with Gasteiger partial charge in [0.2, 0.25) is 0 Å².